The van der Waals surface area contributed by atoms with Crippen LogP contribution in [0.15, 0.2) is 29.1 Å². The standard InChI is InChI=1S/C22H29N5O2/c1-14-4-6-15(7-5-14)17(26(2)3)20(29)27-12-10-22(11-13-27)9-8-16-18(22)24-21(23)25-19(16)28/h4-7,17H,8-13H2,1-3H3,(H3,23,24,25,28). The first-order valence-electron chi connectivity index (χ1n) is 10.2. The van der Waals surface area contributed by atoms with E-state index in [2.05, 4.69) is 9.97 Å². The van der Waals surface area contributed by atoms with Gasteiger partial charge >= 0.3 is 0 Å². The summed E-state index contributed by atoms with van der Waals surface area (Å²) in [5.41, 5.74) is 9.38. The molecule has 0 saturated carbocycles. The highest BCUT2D eigenvalue weighted by Gasteiger charge is 2.45. The Morgan fingerprint density at radius 3 is 2.48 bits per heavy atom. The average molecular weight is 396 g/mol. The lowest BCUT2D eigenvalue weighted by molar-refractivity contribution is -0.138. The van der Waals surface area contributed by atoms with Crippen LogP contribution in [0.2, 0.25) is 0 Å². The molecule has 1 aromatic carbocycles. The molecule has 154 valence electrons. The number of carbonyl (C=O) groups is 1. The number of rotatable bonds is 3. The van der Waals surface area contributed by atoms with Crippen molar-refractivity contribution in [1.29, 1.82) is 0 Å². The summed E-state index contributed by atoms with van der Waals surface area (Å²) in [6.07, 6.45) is 3.26. The van der Waals surface area contributed by atoms with Crippen LogP contribution in [0.3, 0.4) is 0 Å². The van der Waals surface area contributed by atoms with E-state index in [9.17, 15) is 9.59 Å². The Hall–Kier alpha value is -2.67. The first-order valence-corrected chi connectivity index (χ1v) is 10.2. The van der Waals surface area contributed by atoms with Gasteiger partial charge in [-0.2, -0.15) is 0 Å². The van der Waals surface area contributed by atoms with Crippen LogP contribution in [0.4, 0.5) is 5.95 Å². The fraction of sp³-hybridized carbons (Fsp3) is 0.500. The van der Waals surface area contributed by atoms with Crippen LogP contribution in [0, 0.1) is 6.92 Å². The van der Waals surface area contributed by atoms with Crippen molar-refractivity contribution in [2.75, 3.05) is 32.9 Å². The summed E-state index contributed by atoms with van der Waals surface area (Å²) in [4.78, 5) is 36.6. The summed E-state index contributed by atoms with van der Waals surface area (Å²) in [6, 6.07) is 7.88. The molecule has 3 N–H and O–H groups in total. The first kappa shape index (κ1) is 19.6. The molecule has 0 bridgehead atoms. The molecule has 1 unspecified atom stereocenters. The maximum atomic E-state index is 13.4. The number of likely N-dealkylation sites (N-methyl/N-ethyl adjacent to an activating group) is 1. The van der Waals surface area contributed by atoms with Crippen molar-refractivity contribution in [3.63, 3.8) is 0 Å². The average Bonchev–Trinajstić information content (AvgIpc) is 3.02. The van der Waals surface area contributed by atoms with Crippen molar-refractivity contribution in [3.8, 4) is 0 Å². The highest BCUT2D eigenvalue weighted by Crippen LogP contribution is 2.44. The van der Waals surface area contributed by atoms with Gasteiger partial charge in [-0.3, -0.25) is 19.5 Å². The van der Waals surface area contributed by atoms with E-state index in [1.807, 2.05) is 55.1 Å². The zero-order valence-corrected chi connectivity index (χ0v) is 17.4. The number of benzene rings is 1. The molecule has 1 aliphatic heterocycles. The third-order valence-corrected chi connectivity index (χ3v) is 6.57. The van der Waals surface area contributed by atoms with Gasteiger partial charge in [0.15, 0.2) is 0 Å². The van der Waals surface area contributed by atoms with Gasteiger partial charge in [0.1, 0.15) is 6.04 Å². The predicted octanol–water partition coefficient (Wildman–Crippen LogP) is 1.77. The largest absolute Gasteiger partial charge is 0.369 e. The molecule has 1 amide bonds. The molecule has 7 heteroatoms. The van der Waals surface area contributed by atoms with E-state index in [4.69, 9.17) is 5.73 Å². The Kier molecular flexibility index (Phi) is 4.94. The summed E-state index contributed by atoms with van der Waals surface area (Å²) < 4.78 is 0. The molecular weight excluding hydrogens is 366 g/mol. The molecule has 29 heavy (non-hydrogen) atoms. The molecule has 2 aromatic rings. The van der Waals surface area contributed by atoms with Gasteiger partial charge in [0.25, 0.3) is 5.56 Å². The second kappa shape index (κ2) is 7.30. The number of nitrogen functional groups attached to an aromatic ring is 1. The summed E-state index contributed by atoms with van der Waals surface area (Å²) in [7, 11) is 3.89. The van der Waals surface area contributed by atoms with Gasteiger partial charge in [0, 0.05) is 24.1 Å². The second-order valence-corrected chi connectivity index (χ2v) is 8.66. The van der Waals surface area contributed by atoms with Crippen LogP contribution in [0.1, 0.15) is 47.7 Å². The predicted molar refractivity (Wildman–Crippen MR) is 113 cm³/mol. The number of aromatic nitrogens is 2. The molecule has 0 radical (unpaired) electrons. The van der Waals surface area contributed by atoms with Crippen molar-refractivity contribution >= 4 is 11.9 Å². The molecule has 1 aliphatic carbocycles. The SMILES string of the molecule is Cc1ccc(C(C(=O)N2CCC3(CCc4c3nc(N)[nH]c4=O)CC2)N(C)C)cc1. The quantitative estimate of drug-likeness (QED) is 0.826. The molecule has 2 heterocycles. The van der Waals surface area contributed by atoms with Crippen molar-refractivity contribution in [2.45, 2.75) is 44.1 Å². The molecule has 2 aliphatic rings. The third-order valence-electron chi connectivity index (χ3n) is 6.57. The van der Waals surface area contributed by atoms with E-state index in [1.54, 1.807) is 0 Å². The number of amides is 1. The normalized spacial score (nSPS) is 18.8. The van der Waals surface area contributed by atoms with Gasteiger partial charge in [0.2, 0.25) is 11.9 Å². The van der Waals surface area contributed by atoms with Gasteiger partial charge in [0.05, 0.1) is 5.69 Å². The number of anilines is 1. The van der Waals surface area contributed by atoms with E-state index < -0.39 is 0 Å². The highest BCUT2D eigenvalue weighted by molar-refractivity contribution is 5.83. The Labute approximate surface area is 170 Å². The summed E-state index contributed by atoms with van der Waals surface area (Å²) in [5, 5.41) is 0. The zero-order valence-electron chi connectivity index (χ0n) is 17.4. The zero-order chi connectivity index (χ0) is 20.8. The summed E-state index contributed by atoms with van der Waals surface area (Å²) in [6.45, 7) is 3.39. The number of aryl methyl sites for hydroxylation is 1. The van der Waals surface area contributed by atoms with Gasteiger partial charge in [-0.25, -0.2) is 4.98 Å². The van der Waals surface area contributed by atoms with Crippen LogP contribution >= 0.6 is 0 Å². The summed E-state index contributed by atoms with van der Waals surface area (Å²) in [5.74, 6) is 0.311. The minimum atomic E-state index is -0.294. The van der Waals surface area contributed by atoms with Crippen LogP contribution in [0.25, 0.3) is 0 Å². The molecule has 1 atom stereocenters. The van der Waals surface area contributed by atoms with Gasteiger partial charge in [-0.05, 0) is 52.3 Å². The lowest BCUT2D eigenvalue weighted by Crippen LogP contribution is -2.48. The van der Waals surface area contributed by atoms with E-state index in [1.165, 1.54) is 5.56 Å². The maximum absolute atomic E-state index is 13.4. The fourth-order valence-electron chi connectivity index (χ4n) is 4.89. The molecule has 1 saturated heterocycles. The lowest BCUT2D eigenvalue weighted by Gasteiger charge is -2.41. The minimum Gasteiger partial charge on any atom is -0.369 e. The first-order chi connectivity index (χ1) is 13.8. The Morgan fingerprint density at radius 2 is 1.86 bits per heavy atom. The van der Waals surface area contributed by atoms with Crippen molar-refractivity contribution < 1.29 is 4.79 Å². The number of hydrogen-bond acceptors (Lipinski definition) is 5. The van der Waals surface area contributed by atoms with Crippen molar-refractivity contribution in [3.05, 3.63) is 57.0 Å². The van der Waals surface area contributed by atoms with E-state index in [0.29, 0.717) is 13.1 Å². The Morgan fingerprint density at radius 1 is 1.21 bits per heavy atom. The van der Waals surface area contributed by atoms with Gasteiger partial charge in [-0.1, -0.05) is 29.8 Å². The number of carbonyl (C=O) groups excluding carboxylic acids is 1. The molecular formula is C22H29N5O2. The second-order valence-electron chi connectivity index (χ2n) is 8.66. The number of fused-ring (bicyclic) bond motifs is 2. The number of likely N-dealkylation sites (tertiary alicyclic amines) is 1. The highest BCUT2D eigenvalue weighted by atomic mass is 16.2. The number of hydrogen-bond donors (Lipinski definition) is 2. The number of nitrogens with one attached hydrogen (secondary N) is 1. The number of aromatic amines is 1. The fourth-order valence-corrected chi connectivity index (χ4v) is 4.89. The lowest BCUT2D eigenvalue weighted by atomic mass is 9.76. The molecule has 1 fully saturated rings. The number of nitrogens with two attached hydrogens (primary N) is 1. The van der Waals surface area contributed by atoms with E-state index in [-0.39, 0.29) is 28.9 Å². The van der Waals surface area contributed by atoms with Gasteiger partial charge < -0.3 is 10.6 Å². The number of H-pyrrole nitrogens is 1. The third kappa shape index (κ3) is 3.44. The topological polar surface area (TPSA) is 95.3 Å². The van der Waals surface area contributed by atoms with Crippen LogP contribution < -0.4 is 11.3 Å². The van der Waals surface area contributed by atoms with Gasteiger partial charge in [-0.15, -0.1) is 0 Å². The smallest absolute Gasteiger partial charge is 0.255 e. The van der Waals surface area contributed by atoms with Crippen LogP contribution in [-0.2, 0) is 16.6 Å². The van der Waals surface area contributed by atoms with Crippen LogP contribution in [0.5, 0.6) is 0 Å². The molecule has 1 spiro atoms. The van der Waals surface area contributed by atoms with Crippen LogP contribution in [-0.4, -0.2) is 52.9 Å². The van der Waals surface area contributed by atoms with E-state index in [0.717, 1.165) is 42.5 Å². The van der Waals surface area contributed by atoms with E-state index >= 15 is 0 Å². The molecule has 7 nitrogen and oxygen atoms in total. The maximum Gasteiger partial charge on any atom is 0.255 e. The number of piperidine rings is 1. The molecule has 4 rings (SSSR count). The minimum absolute atomic E-state index is 0.116. The van der Waals surface area contributed by atoms with Crippen molar-refractivity contribution in [1.82, 2.24) is 19.8 Å². The number of nitrogens with zero attached hydrogens (tertiary/aromatic N) is 3. The Balaban J connectivity index is 1.54. The Bertz CT molecular complexity index is 972. The summed E-state index contributed by atoms with van der Waals surface area (Å²) >= 11 is 0. The molecule has 1 aromatic heterocycles. The monoisotopic (exact) mass is 395 g/mol. The van der Waals surface area contributed by atoms with Crippen molar-refractivity contribution in [2.24, 2.45) is 0 Å².